The Kier molecular flexibility index (Phi) is 14.4. The molecular formula is C30H45ClN4O5. The molecule has 1 aliphatic rings. The third-order valence-corrected chi connectivity index (χ3v) is 7.43. The lowest BCUT2D eigenvalue weighted by atomic mass is 10.00. The SMILES string of the molecule is CCC(CC)C(=O)N1CCC[C@H]1C(=O)N[C@H](Cc1ccc2ccccc2c1)C(=O)NCC(O)CNCCOC.Cl. The molecule has 0 aliphatic carbocycles. The van der Waals surface area contributed by atoms with Crippen molar-refractivity contribution in [2.24, 2.45) is 5.92 Å². The van der Waals surface area contributed by atoms with Crippen molar-refractivity contribution < 1.29 is 24.2 Å². The predicted molar refractivity (Wildman–Crippen MR) is 159 cm³/mol. The van der Waals surface area contributed by atoms with Crippen LogP contribution in [0.3, 0.4) is 0 Å². The van der Waals surface area contributed by atoms with E-state index in [2.05, 4.69) is 16.0 Å². The first-order valence-corrected chi connectivity index (χ1v) is 14.1. The molecule has 0 radical (unpaired) electrons. The molecule has 1 aliphatic heterocycles. The number of hydrogen-bond donors (Lipinski definition) is 4. The predicted octanol–water partition coefficient (Wildman–Crippen LogP) is 2.43. The molecule has 0 spiro atoms. The average molecular weight is 577 g/mol. The Balaban J connectivity index is 0.00000560. The summed E-state index contributed by atoms with van der Waals surface area (Å²) in [5.74, 6) is -0.774. The minimum Gasteiger partial charge on any atom is -0.390 e. The number of aliphatic hydroxyl groups is 1. The first kappa shape index (κ1) is 33.5. The van der Waals surface area contributed by atoms with Gasteiger partial charge in [0, 0.05) is 45.6 Å². The van der Waals surface area contributed by atoms with Gasteiger partial charge in [0.2, 0.25) is 17.7 Å². The number of fused-ring (bicyclic) bond motifs is 1. The summed E-state index contributed by atoms with van der Waals surface area (Å²) in [5, 5.41) is 21.2. The number of benzene rings is 2. The molecule has 2 aromatic carbocycles. The first-order valence-electron chi connectivity index (χ1n) is 14.1. The highest BCUT2D eigenvalue weighted by atomic mass is 35.5. The number of amides is 3. The number of halogens is 1. The van der Waals surface area contributed by atoms with Gasteiger partial charge in [-0.2, -0.15) is 0 Å². The molecule has 3 amide bonds. The van der Waals surface area contributed by atoms with Crippen LogP contribution in [0.1, 0.15) is 45.1 Å². The molecule has 10 heteroatoms. The Labute approximate surface area is 243 Å². The number of hydrogen-bond acceptors (Lipinski definition) is 6. The number of carbonyl (C=O) groups excluding carboxylic acids is 3. The molecule has 3 atom stereocenters. The van der Waals surface area contributed by atoms with E-state index >= 15 is 0 Å². The molecule has 1 fully saturated rings. The van der Waals surface area contributed by atoms with Crippen LogP contribution in [-0.2, 0) is 25.5 Å². The summed E-state index contributed by atoms with van der Waals surface area (Å²) in [6.07, 6.45) is 2.30. The van der Waals surface area contributed by atoms with Crippen LogP contribution in [0.25, 0.3) is 10.8 Å². The van der Waals surface area contributed by atoms with Crippen molar-refractivity contribution in [2.75, 3.05) is 39.9 Å². The number of rotatable bonds is 15. The van der Waals surface area contributed by atoms with Gasteiger partial charge >= 0.3 is 0 Å². The fourth-order valence-electron chi connectivity index (χ4n) is 5.11. The highest BCUT2D eigenvalue weighted by Gasteiger charge is 2.37. The van der Waals surface area contributed by atoms with Crippen LogP contribution in [0.5, 0.6) is 0 Å². The smallest absolute Gasteiger partial charge is 0.243 e. The molecule has 1 unspecified atom stereocenters. The number of methoxy groups -OCH3 is 1. The van der Waals surface area contributed by atoms with Gasteiger partial charge in [-0.05, 0) is 42.0 Å². The zero-order chi connectivity index (χ0) is 28.2. The minimum absolute atomic E-state index is 0. The first-order chi connectivity index (χ1) is 18.9. The van der Waals surface area contributed by atoms with E-state index in [0.717, 1.165) is 35.6 Å². The summed E-state index contributed by atoms with van der Waals surface area (Å²) >= 11 is 0. The van der Waals surface area contributed by atoms with Gasteiger partial charge in [-0.15, -0.1) is 12.4 Å². The Morgan fingerprint density at radius 1 is 1.07 bits per heavy atom. The van der Waals surface area contributed by atoms with Gasteiger partial charge in [-0.25, -0.2) is 0 Å². The topological polar surface area (TPSA) is 120 Å². The van der Waals surface area contributed by atoms with Crippen molar-refractivity contribution >= 4 is 40.9 Å². The van der Waals surface area contributed by atoms with Crippen LogP contribution in [-0.4, -0.2) is 85.8 Å². The Bertz CT molecular complexity index is 1100. The fourth-order valence-corrected chi connectivity index (χ4v) is 5.11. The van der Waals surface area contributed by atoms with Crippen LogP contribution in [0.2, 0.25) is 0 Å². The van der Waals surface area contributed by atoms with Crippen molar-refractivity contribution in [3.63, 3.8) is 0 Å². The summed E-state index contributed by atoms with van der Waals surface area (Å²) in [4.78, 5) is 41.5. The Hall–Kier alpha value is -2.72. The largest absolute Gasteiger partial charge is 0.390 e. The molecular weight excluding hydrogens is 532 g/mol. The number of ether oxygens (including phenoxy) is 1. The van der Waals surface area contributed by atoms with E-state index in [1.165, 1.54) is 0 Å². The number of nitrogens with one attached hydrogen (secondary N) is 3. The molecule has 3 rings (SSSR count). The maximum Gasteiger partial charge on any atom is 0.243 e. The summed E-state index contributed by atoms with van der Waals surface area (Å²) in [5.41, 5.74) is 0.910. The normalized spacial score (nSPS) is 16.4. The van der Waals surface area contributed by atoms with Crippen molar-refractivity contribution in [3.05, 3.63) is 48.0 Å². The molecule has 40 heavy (non-hydrogen) atoms. The van der Waals surface area contributed by atoms with E-state index < -0.39 is 18.2 Å². The van der Waals surface area contributed by atoms with Crippen molar-refractivity contribution in [1.29, 1.82) is 0 Å². The zero-order valence-corrected chi connectivity index (χ0v) is 24.7. The standard InChI is InChI=1S/C30H44N4O5.ClH/c1-4-22(5-2)30(38)34-15-8-11-27(34)29(37)33-26(28(36)32-20-25(35)19-31-14-16-39-3)18-21-12-13-23-9-6-7-10-24(23)17-21;/h6-7,9-10,12-13,17,22,25-27,31,35H,4-5,8,11,14-16,18-20H2,1-3H3,(H,32,36)(H,33,37);1H/t25?,26-,27+;/m1./s1. The van der Waals surface area contributed by atoms with E-state index in [-0.39, 0.29) is 49.0 Å². The van der Waals surface area contributed by atoms with Gasteiger partial charge in [-0.1, -0.05) is 56.3 Å². The van der Waals surface area contributed by atoms with Gasteiger partial charge in [0.25, 0.3) is 0 Å². The van der Waals surface area contributed by atoms with Crippen LogP contribution < -0.4 is 16.0 Å². The van der Waals surface area contributed by atoms with Gasteiger partial charge in [-0.3, -0.25) is 14.4 Å². The maximum absolute atomic E-state index is 13.5. The van der Waals surface area contributed by atoms with E-state index in [9.17, 15) is 19.5 Å². The summed E-state index contributed by atoms with van der Waals surface area (Å²) in [7, 11) is 1.61. The average Bonchev–Trinajstić information content (AvgIpc) is 3.44. The second-order valence-electron chi connectivity index (χ2n) is 10.2. The Morgan fingerprint density at radius 3 is 2.50 bits per heavy atom. The van der Waals surface area contributed by atoms with Crippen molar-refractivity contribution in [3.8, 4) is 0 Å². The van der Waals surface area contributed by atoms with Crippen LogP contribution >= 0.6 is 12.4 Å². The van der Waals surface area contributed by atoms with Gasteiger partial charge < -0.3 is 30.7 Å². The van der Waals surface area contributed by atoms with E-state index in [1.54, 1.807) is 12.0 Å². The van der Waals surface area contributed by atoms with Crippen molar-refractivity contribution in [2.45, 2.75) is 64.1 Å². The minimum atomic E-state index is -0.849. The quantitative estimate of drug-likeness (QED) is 0.242. The number of nitrogens with zero attached hydrogens (tertiary/aromatic N) is 1. The van der Waals surface area contributed by atoms with E-state index in [4.69, 9.17) is 4.74 Å². The highest BCUT2D eigenvalue weighted by Crippen LogP contribution is 2.23. The Morgan fingerprint density at radius 2 is 1.80 bits per heavy atom. The van der Waals surface area contributed by atoms with Crippen LogP contribution in [0.4, 0.5) is 0 Å². The van der Waals surface area contributed by atoms with Crippen LogP contribution in [0, 0.1) is 5.92 Å². The lowest BCUT2D eigenvalue weighted by Gasteiger charge is -2.29. The maximum atomic E-state index is 13.5. The molecule has 1 heterocycles. The molecule has 9 nitrogen and oxygen atoms in total. The fraction of sp³-hybridized carbons (Fsp3) is 0.567. The molecule has 2 aromatic rings. The third kappa shape index (κ3) is 9.44. The number of carbonyl (C=O) groups is 3. The molecule has 0 bridgehead atoms. The summed E-state index contributed by atoms with van der Waals surface area (Å²) in [6.45, 7) is 6.00. The molecule has 4 N–H and O–H groups in total. The summed E-state index contributed by atoms with van der Waals surface area (Å²) in [6, 6.07) is 12.5. The molecule has 0 saturated carbocycles. The second kappa shape index (κ2) is 17.2. The van der Waals surface area contributed by atoms with Crippen LogP contribution in [0.15, 0.2) is 42.5 Å². The zero-order valence-electron chi connectivity index (χ0n) is 23.9. The molecule has 0 aromatic heterocycles. The lowest BCUT2D eigenvalue weighted by Crippen LogP contribution is -2.55. The lowest BCUT2D eigenvalue weighted by molar-refractivity contribution is -0.142. The van der Waals surface area contributed by atoms with Gasteiger partial charge in [0.1, 0.15) is 12.1 Å². The van der Waals surface area contributed by atoms with E-state index in [1.807, 2.05) is 56.3 Å². The van der Waals surface area contributed by atoms with Gasteiger partial charge in [0.05, 0.1) is 12.7 Å². The number of aliphatic hydroxyl groups excluding tert-OH is 1. The van der Waals surface area contributed by atoms with Gasteiger partial charge in [0.15, 0.2) is 0 Å². The van der Waals surface area contributed by atoms with Crippen molar-refractivity contribution in [1.82, 2.24) is 20.9 Å². The second-order valence-corrected chi connectivity index (χ2v) is 10.2. The molecule has 222 valence electrons. The monoisotopic (exact) mass is 576 g/mol. The number of likely N-dealkylation sites (tertiary alicyclic amines) is 1. The third-order valence-electron chi connectivity index (χ3n) is 7.43. The highest BCUT2D eigenvalue weighted by molar-refractivity contribution is 5.93. The summed E-state index contributed by atoms with van der Waals surface area (Å²) < 4.78 is 4.99. The van der Waals surface area contributed by atoms with E-state index in [0.29, 0.717) is 32.7 Å². The molecule has 1 saturated heterocycles.